The van der Waals surface area contributed by atoms with Crippen LogP contribution in [0.2, 0.25) is 0 Å². The molecule has 1 aromatic carbocycles. The maximum Gasteiger partial charge on any atom is 0.279 e. The minimum absolute atomic E-state index is 0.150. The van der Waals surface area contributed by atoms with E-state index < -0.39 is 4.92 Å². The molecule has 0 unspecified atom stereocenters. The third-order valence-electron chi connectivity index (χ3n) is 2.59. The molecule has 2 aromatic rings. The van der Waals surface area contributed by atoms with Crippen LogP contribution >= 0.6 is 0 Å². The highest BCUT2D eigenvalue weighted by Gasteiger charge is 2.22. The van der Waals surface area contributed by atoms with E-state index in [1.807, 2.05) is 0 Å². The van der Waals surface area contributed by atoms with Crippen molar-refractivity contribution in [3.05, 3.63) is 46.1 Å². The van der Waals surface area contributed by atoms with E-state index in [1.165, 1.54) is 22.9 Å². The third kappa shape index (κ3) is 2.23. The summed E-state index contributed by atoms with van der Waals surface area (Å²) in [5, 5.41) is 26.9. The summed E-state index contributed by atoms with van der Waals surface area (Å²) in [6.07, 6.45) is 1.65. The SMILES string of the molecule is Cn1ccc(-c2c(C(N)=NO)cccc2[N+](=O)[O-])n1. The average Bonchev–Trinajstić information content (AvgIpc) is 2.83. The van der Waals surface area contributed by atoms with Crippen molar-refractivity contribution in [2.45, 2.75) is 0 Å². The van der Waals surface area contributed by atoms with E-state index >= 15 is 0 Å². The number of aryl methyl sites for hydroxylation is 1. The molecule has 0 radical (unpaired) electrons. The number of benzene rings is 1. The van der Waals surface area contributed by atoms with Gasteiger partial charge in [-0.05, 0) is 12.1 Å². The summed E-state index contributed by atoms with van der Waals surface area (Å²) in [5.41, 5.74) is 6.27. The molecule has 0 spiro atoms. The minimum Gasteiger partial charge on any atom is -0.409 e. The predicted octanol–water partition coefficient (Wildman–Crippen LogP) is 1.09. The molecule has 0 saturated carbocycles. The highest BCUT2D eigenvalue weighted by atomic mass is 16.6. The summed E-state index contributed by atoms with van der Waals surface area (Å²) < 4.78 is 1.52. The van der Waals surface area contributed by atoms with Crippen molar-refractivity contribution >= 4 is 11.5 Å². The van der Waals surface area contributed by atoms with Crippen molar-refractivity contribution in [3.8, 4) is 11.3 Å². The van der Waals surface area contributed by atoms with Gasteiger partial charge in [0.15, 0.2) is 5.84 Å². The Morgan fingerprint density at radius 2 is 2.26 bits per heavy atom. The summed E-state index contributed by atoms with van der Waals surface area (Å²) in [7, 11) is 1.70. The van der Waals surface area contributed by atoms with E-state index in [0.717, 1.165) is 0 Å². The number of aromatic nitrogens is 2. The average molecular weight is 261 g/mol. The molecule has 19 heavy (non-hydrogen) atoms. The van der Waals surface area contributed by atoms with Gasteiger partial charge in [0, 0.05) is 24.9 Å². The number of nitrogens with zero attached hydrogens (tertiary/aromatic N) is 4. The first-order chi connectivity index (χ1) is 9.04. The van der Waals surface area contributed by atoms with Crippen LogP contribution in [0.3, 0.4) is 0 Å². The molecule has 0 bridgehead atoms. The van der Waals surface area contributed by atoms with Crippen molar-refractivity contribution in [1.82, 2.24) is 9.78 Å². The van der Waals surface area contributed by atoms with Crippen LogP contribution < -0.4 is 5.73 Å². The number of hydrogen-bond donors (Lipinski definition) is 2. The Labute approximate surface area is 107 Å². The normalized spacial score (nSPS) is 11.5. The van der Waals surface area contributed by atoms with Gasteiger partial charge in [0.25, 0.3) is 5.69 Å². The highest BCUT2D eigenvalue weighted by molar-refractivity contribution is 6.04. The van der Waals surface area contributed by atoms with Gasteiger partial charge >= 0.3 is 0 Å². The topological polar surface area (TPSA) is 120 Å². The fourth-order valence-corrected chi connectivity index (χ4v) is 1.78. The van der Waals surface area contributed by atoms with E-state index in [1.54, 1.807) is 19.3 Å². The molecule has 0 saturated heterocycles. The highest BCUT2D eigenvalue weighted by Crippen LogP contribution is 2.31. The minimum atomic E-state index is -0.530. The Balaban J connectivity index is 2.77. The van der Waals surface area contributed by atoms with Crippen LogP contribution in [0, 0.1) is 10.1 Å². The maximum absolute atomic E-state index is 11.1. The van der Waals surface area contributed by atoms with Gasteiger partial charge in [0.05, 0.1) is 16.2 Å². The second kappa shape index (κ2) is 4.77. The Morgan fingerprint density at radius 3 is 2.79 bits per heavy atom. The van der Waals surface area contributed by atoms with Crippen LogP contribution in [-0.2, 0) is 7.05 Å². The second-order valence-electron chi connectivity index (χ2n) is 3.82. The zero-order valence-corrected chi connectivity index (χ0v) is 10.0. The van der Waals surface area contributed by atoms with E-state index in [4.69, 9.17) is 10.9 Å². The van der Waals surface area contributed by atoms with Gasteiger partial charge in [-0.15, -0.1) is 0 Å². The summed E-state index contributed by atoms with van der Waals surface area (Å²) in [4.78, 5) is 10.6. The number of hydrogen-bond acceptors (Lipinski definition) is 5. The number of nitro groups is 1. The first-order valence-electron chi connectivity index (χ1n) is 5.30. The molecular weight excluding hydrogens is 250 g/mol. The maximum atomic E-state index is 11.1. The lowest BCUT2D eigenvalue weighted by Gasteiger charge is -2.06. The van der Waals surface area contributed by atoms with E-state index in [0.29, 0.717) is 5.69 Å². The van der Waals surface area contributed by atoms with Crippen LogP contribution in [0.5, 0.6) is 0 Å². The van der Waals surface area contributed by atoms with E-state index in [2.05, 4.69) is 10.3 Å². The van der Waals surface area contributed by atoms with Gasteiger partial charge in [-0.1, -0.05) is 11.2 Å². The van der Waals surface area contributed by atoms with Crippen LogP contribution in [-0.4, -0.2) is 25.7 Å². The molecule has 98 valence electrons. The van der Waals surface area contributed by atoms with Crippen LogP contribution in [0.15, 0.2) is 35.6 Å². The Bertz CT molecular complexity index is 662. The molecular formula is C11H11N5O3. The van der Waals surface area contributed by atoms with Gasteiger partial charge in [-0.2, -0.15) is 5.10 Å². The van der Waals surface area contributed by atoms with Gasteiger partial charge < -0.3 is 10.9 Å². The standard InChI is InChI=1S/C11H11N5O3/c1-15-6-5-8(13-15)10-7(11(12)14-17)3-2-4-9(10)16(18)19/h2-6,17H,1H3,(H2,12,14). The third-order valence-corrected chi connectivity index (χ3v) is 2.59. The summed E-state index contributed by atoms with van der Waals surface area (Å²) in [6, 6.07) is 5.97. The largest absolute Gasteiger partial charge is 0.409 e. The molecule has 0 aliphatic carbocycles. The molecule has 0 fully saturated rings. The van der Waals surface area contributed by atoms with E-state index in [9.17, 15) is 10.1 Å². The smallest absolute Gasteiger partial charge is 0.279 e. The monoisotopic (exact) mass is 261 g/mol. The molecule has 0 aliphatic rings. The molecule has 0 aliphatic heterocycles. The fourth-order valence-electron chi connectivity index (χ4n) is 1.78. The summed E-state index contributed by atoms with van der Waals surface area (Å²) in [6.45, 7) is 0. The van der Waals surface area contributed by atoms with Crippen LogP contribution in [0.25, 0.3) is 11.3 Å². The summed E-state index contributed by atoms with van der Waals surface area (Å²) in [5.74, 6) is -0.204. The van der Waals surface area contributed by atoms with Gasteiger partial charge in [0.1, 0.15) is 0 Å². The zero-order chi connectivity index (χ0) is 14.0. The van der Waals surface area contributed by atoms with Crippen molar-refractivity contribution in [3.63, 3.8) is 0 Å². The quantitative estimate of drug-likeness (QED) is 0.282. The fraction of sp³-hybridized carbons (Fsp3) is 0.0909. The number of oxime groups is 1. The van der Waals surface area contributed by atoms with Gasteiger partial charge in [0.2, 0.25) is 0 Å². The molecule has 0 amide bonds. The predicted molar refractivity (Wildman–Crippen MR) is 67.8 cm³/mol. The Morgan fingerprint density at radius 1 is 1.53 bits per heavy atom. The first-order valence-corrected chi connectivity index (χ1v) is 5.30. The van der Waals surface area contributed by atoms with Crippen molar-refractivity contribution in [2.24, 2.45) is 17.9 Å². The van der Waals surface area contributed by atoms with Crippen LogP contribution in [0.1, 0.15) is 5.56 Å². The second-order valence-corrected chi connectivity index (χ2v) is 3.82. The lowest BCUT2D eigenvalue weighted by molar-refractivity contribution is -0.384. The first kappa shape index (κ1) is 12.6. The summed E-state index contributed by atoms with van der Waals surface area (Å²) >= 11 is 0. The van der Waals surface area contributed by atoms with Crippen molar-refractivity contribution in [2.75, 3.05) is 0 Å². The Kier molecular flexibility index (Phi) is 3.15. The van der Waals surface area contributed by atoms with Gasteiger partial charge in [-0.25, -0.2) is 0 Å². The number of nitrogens with two attached hydrogens (primary N) is 1. The lowest BCUT2D eigenvalue weighted by atomic mass is 10.0. The van der Waals surface area contributed by atoms with Crippen molar-refractivity contribution < 1.29 is 10.1 Å². The Hall–Kier alpha value is -2.90. The van der Waals surface area contributed by atoms with Crippen LogP contribution in [0.4, 0.5) is 5.69 Å². The number of amidine groups is 1. The molecule has 3 N–H and O–H groups in total. The molecule has 2 rings (SSSR count). The molecule has 8 heteroatoms. The van der Waals surface area contributed by atoms with Gasteiger partial charge in [-0.3, -0.25) is 14.8 Å². The van der Waals surface area contributed by atoms with Crippen molar-refractivity contribution in [1.29, 1.82) is 0 Å². The lowest BCUT2D eigenvalue weighted by Crippen LogP contribution is -2.15. The molecule has 0 atom stereocenters. The molecule has 1 heterocycles. The number of nitro benzene ring substituents is 1. The molecule has 8 nitrogen and oxygen atoms in total. The molecule has 1 aromatic heterocycles. The van der Waals surface area contributed by atoms with E-state index in [-0.39, 0.29) is 22.6 Å². The number of rotatable bonds is 3. The zero-order valence-electron chi connectivity index (χ0n) is 10.0.